The Hall–Kier alpha value is -0.680. The van der Waals surface area contributed by atoms with Crippen molar-refractivity contribution in [3.63, 3.8) is 0 Å². The van der Waals surface area contributed by atoms with Gasteiger partial charge in [0.05, 0.1) is 6.10 Å². The molecule has 1 aliphatic carbocycles. The lowest BCUT2D eigenvalue weighted by Crippen LogP contribution is -2.58. The van der Waals surface area contributed by atoms with E-state index in [1.54, 1.807) is 0 Å². The van der Waals surface area contributed by atoms with Crippen LogP contribution in [0, 0.1) is 5.41 Å². The first-order valence-corrected chi connectivity index (χ1v) is 8.06. The molecule has 1 heterocycles. The summed E-state index contributed by atoms with van der Waals surface area (Å²) in [5.41, 5.74) is 0.130. The lowest BCUT2D eigenvalue weighted by Gasteiger charge is -2.51. The second-order valence-corrected chi connectivity index (χ2v) is 7.10. The van der Waals surface area contributed by atoms with Crippen LogP contribution in [-0.2, 0) is 4.74 Å². The molecule has 1 aliphatic rings. The molecule has 1 saturated carbocycles. The van der Waals surface area contributed by atoms with Crippen molar-refractivity contribution in [1.29, 1.82) is 0 Å². The minimum absolute atomic E-state index is 0.130. The number of nitrogens with zero attached hydrogens (tertiary/aromatic N) is 2. The molecule has 2 atom stereocenters. The molecule has 20 heavy (non-hydrogen) atoms. The van der Waals surface area contributed by atoms with E-state index in [0.717, 1.165) is 29.3 Å². The number of rotatable bonds is 5. The lowest BCUT2D eigenvalue weighted by molar-refractivity contribution is -0.0976. The van der Waals surface area contributed by atoms with Crippen molar-refractivity contribution >= 4 is 21.7 Å². The van der Waals surface area contributed by atoms with Gasteiger partial charge in [0.1, 0.15) is 16.2 Å². The van der Waals surface area contributed by atoms with E-state index in [9.17, 15) is 0 Å². The van der Waals surface area contributed by atoms with Gasteiger partial charge in [-0.3, -0.25) is 0 Å². The van der Waals surface area contributed by atoms with Crippen molar-refractivity contribution in [2.75, 3.05) is 11.9 Å². The summed E-state index contributed by atoms with van der Waals surface area (Å²) < 4.78 is 6.60. The second-order valence-electron chi connectivity index (χ2n) is 6.29. The van der Waals surface area contributed by atoms with Crippen LogP contribution in [-0.4, -0.2) is 28.7 Å². The maximum Gasteiger partial charge on any atom is 0.134 e. The third-order valence-corrected chi connectivity index (χ3v) is 4.50. The van der Waals surface area contributed by atoms with Crippen LogP contribution in [0.4, 0.5) is 5.82 Å². The summed E-state index contributed by atoms with van der Waals surface area (Å²) in [6.07, 6.45) is 1.36. The van der Waals surface area contributed by atoms with Gasteiger partial charge in [0.25, 0.3) is 0 Å². The number of ether oxygens (including phenoxy) is 1. The van der Waals surface area contributed by atoms with Gasteiger partial charge in [0, 0.05) is 30.0 Å². The number of nitrogens with one attached hydrogen (secondary N) is 1. The van der Waals surface area contributed by atoms with Gasteiger partial charge in [0.2, 0.25) is 0 Å². The summed E-state index contributed by atoms with van der Waals surface area (Å²) in [5, 5.41) is 3.53. The Bertz CT molecular complexity index is 476. The predicted molar refractivity (Wildman–Crippen MR) is 85.0 cm³/mol. The summed E-state index contributed by atoms with van der Waals surface area (Å²) in [6, 6.07) is 2.33. The average molecular weight is 342 g/mol. The highest BCUT2D eigenvalue weighted by molar-refractivity contribution is 9.10. The van der Waals surface area contributed by atoms with Gasteiger partial charge in [-0.25, -0.2) is 9.97 Å². The molecule has 1 fully saturated rings. The van der Waals surface area contributed by atoms with Crippen LogP contribution in [0.5, 0.6) is 0 Å². The van der Waals surface area contributed by atoms with Crippen LogP contribution < -0.4 is 5.32 Å². The third-order valence-electron chi connectivity index (χ3n) is 4.10. The highest BCUT2D eigenvalue weighted by atomic mass is 79.9. The van der Waals surface area contributed by atoms with Crippen molar-refractivity contribution < 1.29 is 4.74 Å². The van der Waals surface area contributed by atoms with Crippen molar-refractivity contribution in [3.8, 4) is 0 Å². The zero-order valence-corrected chi connectivity index (χ0v) is 14.5. The van der Waals surface area contributed by atoms with Gasteiger partial charge in [0.15, 0.2) is 0 Å². The minimum atomic E-state index is 0.130. The normalized spacial score (nSPS) is 24.6. The molecular weight excluding hydrogens is 318 g/mol. The van der Waals surface area contributed by atoms with E-state index in [1.807, 2.05) is 13.0 Å². The monoisotopic (exact) mass is 341 g/mol. The Morgan fingerprint density at radius 3 is 2.70 bits per heavy atom. The Balaban J connectivity index is 2.08. The van der Waals surface area contributed by atoms with E-state index in [-0.39, 0.29) is 5.41 Å². The minimum Gasteiger partial charge on any atom is -0.378 e. The quantitative estimate of drug-likeness (QED) is 0.823. The summed E-state index contributed by atoms with van der Waals surface area (Å²) in [7, 11) is 0. The molecule has 2 rings (SSSR count). The first kappa shape index (κ1) is 15.7. The largest absolute Gasteiger partial charge is 0.378 e. The van der Waals surface area contributed by atoms with E-state index in [4.69, 9.17) is 4.74 Å². The number of hydrogen-bond donors (Lipinski definition) is 1. The fourth-order valence-electron chi connectivity index (χ4n) is 2.56. The maximum absolute atomic E-state index is 5.76. The molecule has 0 aromatic carbocycles. The van der Waals surface area contributed by atoms with Gasteiger partial charge in [-0.1, -0.05) is 27.7 Å². The summed E-state index contributed by atoms with van der Waals surface area (Å²) in [4.78, 5) is 9.00. The third kappa shape index (κ3) is 3.14. The van der Waals surface area contributed by atoms with E-state index < -0.39 is 0 Å². The fourth-order valence-corrected chi connectivity index (χ4v) is 2.96. The standard InChI is InChI=1S/C15H24BrN3O/c1-6-20-11-7-10(15(11,4)5)17-13-8-12(16)18-14(19-13)9(2)3/h8-11H,6-7H2,1-5H3,(H,17,18,19). The smallest absolute Gasteiger partial charge is 0.134 e. The summed E-state index contributed by atoms with van der Waals surface area (Å²) in [6.45, 7) is 11.5. The van der Waals surface area contributed by atoms with E-state index in [2.05, 4.69) is 58.9 Å². The van der Waals surface area contributed by atoms with Crippen LogP contribution in [0.1, 0.15) is 52.8 Å². The van der Waals surface area contributed by atoms with Crippen LogP contribution in [0.2, 0.25) is 0 Å². The highest BCUT2D eigenvalue weighted by Gasteiger charge is 2.49. The maximum atomic E-state index is 5.76. The topological polar surface area (TPSA) is 47.0 Å². The SMILES string of the molecule is CCOC1CC(Nc2cc(Br)nc(C(C)C)n2)C1(C)C. The molecule has 0 radical (unpaired) electrons. The van der Waals surface area contributed by atoms with E-state index in [0.29, 0.717) is 18.1 Å². The number of hydrogen-bond acceptors (Lipinski definition) is 4. The molecule has 0 aliphatic heterocycles. The molecule has 1 aromatic rings. The second kappa shape index (κ2) is 5.98. The van der Waals surface area contributed by atoms with Crippen molar-refractivity contribution in [3.05, 3.63) is 16.5 Å². The Labute approximate surface area is 129 Å². The Morgan fingerprint density at radius 2 is 2.15 bits per heavy atom. The predicted octanol–water partition coefficient (Wildman–Crippen LogP) is 3.98. The molecular formula is C15H24BrN3O. The van der Waals surface area contributed by atoms with Crippen LogP contribution in [0.15, 0.2) is 10.7 Å². The molecule has 5 heteroatoms. The Kier molecular flexibility index (Phi) is 4.69. The summed E-state index contributed by atoms with van der Waals surface area (Å²) >= 11 is 3.46. The number of halogens is 1. The van der Waals surface area contributed by atoms with Crippen LogP contribution >= 0.6 is 15.9 Å². The van der Waals surface area contributed by atoms with Gasteiger partial charge in [-0.2, -0.15) is 0 Å². The number of aromatic nitrogens is 2. The van der Waals surface area contributed by atoms with E-state index >= 15 is 0 Å². The van der Waals surface area contributed by atoms with Crippen LogP contribution in [0.25, 0.3) is 0 Å². The molecule has 0 spiro atoms. The molecule has 0 amide bonds. The molecule has 0 bridgehead atoms. The van der Waals surface area contributed by atoms with Crippen LogP contribution in [0.3, 0.4) is 0 Å². The average Bonchev–Trinajstić information content (AvgIpc) is 2.37. The first-order chi connectivity index (χ1) is 9.34. The summed E-state index contributed by atoms with van der Waals surface area (Å²) in [5.74, 6) is 2.07. The Morgan fingerprint density at radius 1 is 1.45 bits per heavy atom. The molecule has 4 nitrogen and oxygen atoms in total. The zero-order valence-electron chi connectivity index (χ0n) is 12.9. The van der Waals surface area contributed by atoms with Crippen molar-refractivity contribution in [2.45, 2.75) is 59.1 Å². The lowest BCUT2D eigenvalue weighted by atomic mass is 9.64. The van der Waals surface area contributed by atoms with Crippen molar-refractivity contribution in [1.82, 2.24) is 9.97 Å². The molecule has 1 aromatic heterocycles. The van der Waals surface area contributed by atoms with Crippen molar-refractivity contribution in [2.24, 2.45) is 5.41 Å². The molecule has 0 saturated heterocycles. The first-order valence-electron chi connectivity index (χ1n) is 7.27. The van der Waals surface area contributed by atoms with Gasteiger partial charge < -0.3 is 10.1 Å². The molecule has 1 N–H and O–H groups in total. The molecule has 112 valence electrons. The van der Waals surface area contributed by atoms with Gasteiger partial charge in [-0.05, 0) is 29.3 Å². The van der Waals surface area contributed by atoms with E-state index in [1.165, 1.54) is 0 Å². The van der Waals surface area contributed by atoms with Gasteiger partial charge >= 0.3 is 0 Å². The fraction of sp³-hybridized carbons (Fsp3) is 0.733. The highest BCUT2D eigenvalue weighted by Crippen LogP contribution is 2.44. The van der Waals surface area contributed by atoms with Gasteiger partial charge in [-0.15, -0.1) is 0 Å². The molecule has 2 unspecified atom stereocenters. The number of anilines is 1. The zero-order chi connectivity index (χ0) is 14.9.